The van der Waals surface area contributed by atoms with Crippen LogP contribution in [-0.4, -0.2) is 85.9 Å². The smallest absolute Gasteiger partial charge is 0.379 e. The molecule has 202 valence electrons. The summed E-state index contributed by atoms with van der Waals surface area (Å²) in [5.41, 5.74) is 3.62. The molecular formula is C21H28F6N6O3. The summed E-state index contributed by atoms with van der Waals surface area (Å²) in [6, 6.07) is 0.206. The van der Waals surface area contributed by atoms with E-state index >= 15 is 0 Å². The molecule has 0 spiro atoms. The van der Waals surface area contributed by atoms with Crippen LogP contribution in [0.5, 0.6) is 0 Å². The summed E-state index contributed by atoms with van der Waals surface area (Å²) in [5, 5.41) is 2.75. The third kappa shape index (κ3) is 7.43. The third-order valence-electron chi connectivity index (χ3n) is 5.93. The molecule has 15 heteroatoms. The van der Waals surface area contributed by atoms with E-state index in [-0.39, 0.29) is 37.9 Å². The number of piperazine rings is 1. The van der Waals surface area contributed by atoms with E-state index in [2.05, 4.69) is 15.7 Å². The van der Waals surface area contributed by atoms with Gasteiger partial charge in [-0.15, -0.1) is 0 Å². The van der Waals surface area contributed by atoms with Crippen molar-refractivity contribution in [3.8, 4) is 0 Å². The molecule has 2 amide bonds. The summed E-state index contributed by atoms with van der Waals surface area (Å²) in [6.07, 6.45) is -8.01. The van der Waals surface area contributed by atoms with Crippen molar-refractivity contribution in [1.82, 2.24) is 26.1 Å². The van der Waals surface area contributed by atoms with Crippen LogP contribution < -0.4 is 21.1 Å². The number of hydrogen-bond donors (Lipinski definition) is 3. The first-order chi connectivity index (χ1) is 16.9. The number of carbonyl (C=O) groups is 2. The predicted molar refractivity (Wildman–Crippen MR) is 116 cm³/mol. The Bertz CT molecular complexity index is 907. The number of anilines is 1. The van der Waals surface area contributed by atoms with Crippen LogP contribution in [0.1, 0.15) is 18.9 Å². The van der Waals surface area contributed by atoms with Crippen LogP contribution in [0.15, 0.2) is 18.3 Å². The standard InChI is InChI=1S/C21H28F6N6O3/c1-13(30-15-11-29-31-19(35)18(15)21(25,26)27)12-36-9-3-17(34)33-7-5-32(6-8-33)16-10-14(2-4-28-16)20(22,23)24/h2,4,10,13,15,18,29-30H,3,5-9,11-12H2,1H3,(H,31,35)/t13-,15?,18?/m0/s1. The summed E-state index contributed by atoms with van der Waals surface area (Å²) < 4.78 is 83.8. The average molecular weight is 526 g/mol. The zero-order valence-electron chi connectivity index (χ0n) is 19.5. The number of nitrogens with one attached hydrogen (secondary N) is 3. The molecular weight excluding hydrogens is 498 g/mol. The molecule has 3 N–H and O–H groups in total. The van der Waals surface area contributed by atoms with Gasteiger partial charge in [0.05, 0.1) is 25.2 Å². The Labute approximate surface area is 203 Å². The molecule has 3 heterocycles. The molecule has 0 bridgehead atoms. The Balaban J connectivity index is 1.37. The fraction of sp³-hybridized carbons (Fsp3) is 0.667. The fourth-order valence-electron chi connectivity index (χ4n) is 4.10. The number of hydrazine groups is 1. The molecule has 9 nitrogen and oxygen atoms in total. The van der Waals surface area contributed by atoms with Crippen LogP contribution in [0.4, 0.5) is 32.2 Å². The molecule has 1 aromatic heterocycles. The first-order valence-corrected chi connectivity index (χ1v) is 11.4. The van der Waals surface area contributed by atoms with Crippen LogP contribution >= 0.6 is 0 Å². The average Bonchev–Trinajstić information content (AvgIpc) is 2.80. The highest BCUT2D eigenvalue weighted by Crippen LogP contribution is 2.31. The number of ether oxygens (including phenoxy) is 1. The maximum absolute atomic E-state index is 13.2. The Morgan fingerprint density at radius 3 is 2.56 bits per heavy atom. The van der Waals surface area contributed by atoms with E-state index in [4.69, 9.17) is 4.74 Å². The topological polar surface area (TPSA) is 98.8 Å². The normalized spacial score (nSPS) is 22.4. The number of rotatable bonds is 8. The summed E-state index contributed by atoms with van der Waals surface area (Å²) in [5.74, 6) is -3.35. The summed E-state index contributed by atoms with van der Waals surface area (Å²) >= 11 is 0. The number of halogens is 6. The van der Waals surface area contributed by atoms with Crippen LogP contribution in [0, 0.1) is 5.92 Å². The second kappa shape index (κ2) is 11.6. The number of pyridine rings is 1. The van der Waals surface area contributed by atoms with Gasteiger partial charge in [0.25, 0.3) is 0 Å². The Hall–Kier alpha value is -2.65. The summed E-state index contributed by atoms with van der Waals surface area (Å²) in [6.45, 7) is 2.85. The van der Waals surface area contributed by atoms with Gasteiger partial charge in [-0.1, -0.05) is 0 Å². The van der Waals surface area contributed by atoms with Crippen LogP contribution in [0.3, 0.4) is 0 Å². The molecule has 3 atom stereocenters. The SMILES string of the molecule is C[C@@H](COCCC(=O)N1CCN(c2cc(C(F)(F)F)ccn2)CC1)NC1CNNC(=O)C1C(F)(F)F. The lowest BCUT2D eigenvalue weighted by Crippen LogP contribution is -2.64. The van der Waals surface area contributed by atoms with Crippen molar-refractivity contribution in [3.63, 3.8) is 0 Å². The van der Waals surface area contributed by atoms with Gasteiger partial charge in [-0.3, -0.25) is 15.0 Å². The van der Waals surface area contributed by atoms with Crippen LogP contribution in [-0.2, 0) is 20.5 Å². The first kappa shape index (κ1) is 27.9. The molecule has 36 heavy (non-hydrogen) atoms. The van der Waals surface area contributed by atoms with Gasteiger partial charge in [0, 0.05) is 51.0 Å². The number of aromatic nitrogens is 1. The number of amides is 2. The van der Waals surface area contributed by atoms with Crippen molar-refractivity contribution in [2.45, 2.75) is 37.8 Å². The second-order valence-electron chi connectivity index (χ2n) is 8.66. The molecule has 2 unspecified atom stereocenters. The van der Waals surface area contributed by atoms with Crippen molar-refractivity contribution in [2.75, 3.05) is 50.8 Å². The zero-order valence-corrected chi connectivity index (χ0v) is 19.5. The maximum Gasteiger partial charge on any atom is 0.416 e. The van der Waals surface area contributed by atoms with E-state index in [1.54, 1.807) is 16.7 Å². The molecule has 0 radical (unpaired) electrons. The van der Waals surface area contributed by atoms with E-state index < -0.39 is 41.8 Å². The lowest BCUT2D eigenvalue weighted by atomic mass is 9.96. The lowest BCUT2D eigenvalue weighted by molar-refractivity contribution is -0.193. The van der Waals surface area contributed by atoms with Gasteiger partial charge in [0.1, 0.15) is 5.82 Å². The van der Waals surface area contributed by atoms with Crippen molar-refractivity contribution in [1.29, 1.82) is 0 Å². The predicted octanol–water partition coefficient (Wildman–Crippen LogP) is 1.32. The Morgan fingerprint density at radius 2 is 1.92 bits per heavy atom. The Kier molecular flexibility index (Phi) is 9.00. The molecule has 3 rings (SSSR count). The molecule has 0 aliphatic carbocycles. The molecule has 0 aromatic carbocycles. The maximum atomic E-state index is 13.2. The van der Waals surface area contributed by atoms with Crippen molar-refractivity contribution < 1.29 is 40.7 Å². The van der Waals surface area contributed by atoms with E-state index in [1.165, 1.54) is 0 Å². The van der Waals surface area contributed by atoms with Crippen LogP contribution in [0.25, 0.3) is 0 Å². The summed E-state index contributed by atoms with van der Waals surface area (Å²) in [4.78, 5) is 31.3. The van der Waals surface area contributed by atoms with E-state index in [0.717, 1.165) is 18.3 Å². The third-order valence-corrected chi connectivity index (χ3v) is 5.93. The van der Waals surface area contributed by atoms with Gasteiger partial charge in [0.2, 0.25) is 11.8 Å². The molecule has 0 saturated carbocycles. The second-order valence-corrected chi connectivity index (χ2v) is 8.66. The van der Waals surface area contributed by atoms with Gasteiger partial charge in [-0.25, -0.2) is 10.4 Å². The van der Waals surface area contributed by atoms with Crippen molar-refractivity contribution in [2.24, 2.45) is 5.92 Å². The zero-order chi connectivity index (χ0) is 26.5. The van der Waals surface area contributed by atoms with E-state index in [1.807, 2.05) is 5.43 Å². The highest BCUT2D eigenvalue weighted by molar-refractivity contribution is 5.80. The quantitative estimate of drug-likeness (QED) is 0.347. The minimum Gasteiger partial charge on any atom is -0.379 e. The molecule has 2 saturated heterocycles. The minimum atomic E-state index is -4.70. The van der Waals surface area contributed by atoms with Gasteiger partial charge in [-0.05, 0) is 19.1 Å². The number of nitrogens with zero attached hydrogens (tertiary/aromatic N) is 3. The summed E-state index contributed by atoms with van der Waals surface area (Å²) in [7, 11) is 0. The number of alkyl halides is 6. The van der Waals surface area contributed by atoms with Gasteiger partial charge >= 0.3 is 12.4 Å². The lowest BCUT2D eigenvalue weighted by Gasteiger charge is -2.35. The number of hydrogen-bond acceptors (Lipinski definition) is 7. The van der Waals surface area contributed by atoms with Crippen LogP contribution in [0.2, 0.25) is 0 Å². The highest BCUT2D eigenvalue weighted by atomic mass is 19.4. The van der Waals surface area contributed by atoms with E-state index in [0.29, 0.717) is 26.2 Å². The molecule has 2 aliphatic heterocycles. The molecule has 1 aromatic rings. The first-order valence-electron chi connectivity index (χ1n) is 11.4. The van der Waals surface area contributed by atoms with Gasteiger partial charge < -0.3 is 19.9 Å². The van der Waals surface area contributed by atoms with Gasteiger partial charge in [0.15, 0.2) is 5.92 Å². The Morgan fingerprint density at radius 1 is 1.22 bits per heavy atom. The number of carbonyl (C=O) groups excluding carboxylic acids is 2. The largest absolute Gasteiger partial charge is 0.416 e. The fourth-order valence-corrected chi connectivity index (χ4v) is 4.10. The molecule has 2 fully saturated rings. The van der Waals surface area contributed by atoms with Crippen molar-refractivity contribution >= 4 is 17.6 Å². The minimum absolute atomic E-state index is 0.0327. The molecule has 2 aliphatic rings. The van der Waals surface area contributed by atoms with Crippen molar-refractivity contribution in [3.05, 3.63) is 23.9 Å². The van der Waals surface area contributed by atoms with Gasteiger partial charge in [-0.2, -0.15) is 26.3 Å². The highest BCUT2D eigenvalue weighted by Gasteiger charge is 2.51. The van der Waals surface area contributed by atoms with E-state index in [9.17, 15) is 35.9 Å². The monoisotopic (exact) mass is 526 g/mol.